The molecule has 0 aromatic rings. The number of hydrogen-bond donors (Lipinski definition) is 1. The fourth-order valence-corrected chi connectivity index (χ4v) is 1.06. The highest BCUT2D eigenvalue weighted by Gasteiger charge is 2.01. The third kappa shape index (κ3) is 1.88. The number of allylic oxidation sites excluding steroid dienone is 2. The molecule has 1 aliphatic heterocycles. The van der Waals surface area contributed by atoms with E-state index >= 15 is 0 Å². The lowest BCUT2D eigenvalue weighted by Gasteiger charge is -2.18. The van der Waals surface area contributed by atoms with Crippen molar-refractivity contribution >= 4 is 0 Å². The van der Waals surface area contributed by atoms with Crippen LogP contribution in [0.25, 0.3) is 0 Å². The van der Waals surface area contributed by atoms with E-state index in [9.17, 15) is 0 Å². The third-order valence-corrected chi connectivity index (χ3v) is 1.56. The van der Waals surface area contributed by atoms with Gasteiger partial charge in [0, 0.05) is 20.2 Å². The highest BCUT2D eigenvalue weighted by atomic mass is 16.2. The van der Waals surface area contributed by atoms with Crippen molar-refractivity contribution in [3.05, 3.63) is 23.9 Å². The number of aliphatic hydroxyl groups excluding tert-OH is 1. The van der Waals surface area contributed by atoms with Gasteiger partial charge in [0.15, 0.2) is 0 Å². The maximum atomic E-state index is 8.62. The van der Waals surface area contributed by atoms with Crippen molar-refractivity contribution in [2.45, 2.75) is 6.42 Å². The molecule has 0 unspecified atom stereocenters. The summed E-state index contributed by atoms with van der Waals surface area (Å²) in [5, 5.41) is 8.62. The maximum Gasteiger partial charge on any atom is 0.0468 e. The van der Waals surface area contributed by atoms with E-state index in [4.69, 9.17) is 5.11 Å². The lowest BCUT2D eigenvalue weighted by atomic mass is 10.1. The molecule has 0 amide bonds. The molecule has 0 radical (unpaired) electrons. The zero-order chi connectivity index (χ0) is 7.40. The van der Waals surface area contributed by atoms with E-state index in [1.807, 2.05) is 19.3 Å². The van der Waals surface area contributed by atoms with Gasteiger partial charge in [0.1, 0.15) is 0 Å². The maximum absolute atomic E-state index is 8.62. The minimum Gasteiger partial charge on any atom is -0.396 e. The first-order chi connectivity index (χ1) is 4.83. The molecule has 0 spiro atoms. The summed E-state index contributed by atoms with van der Waals surface area (Å²) in [6.07, 6.45) is 6.90. The molecule has 2 nitrogen and oxygen atoms in total. The first-order valence-electron chi connectivity index (χ1n) is 3.50. The molecule has 0 fully saturated rings. The van der Waals surface area contributed by atoms with Gasteiger partial charge in [0.25, 0.3) is 0 Å². The normalized spacial score (nSPS) is 17.4. The highest BCUT2D eigenvalue weighted by Crippen LogP contribution is 2.07. The number of aliphatic hydroxyl groups is 1. The number of hydrogen-bond acceptors (Lipinski definition) is 2. The van der Waals surface area contributed by atoms with E-state index in [1.54, 1.807) is 0 Å². The van der Waals surface area contributed by atoms with Crippen LogP contribution in [0.4, 0.5) is 0 Å². The molecule has 0 atom stereocenters. The average molecular weight is 139 g/mol. The Hall–Kier alpha value is -0.760. The van der Waals surface area contributed by atoms with Crippen LogP contribution < -0.4 is 0 Å². The van der Waals surface area contributed by atoms with E-state index in [2.05, 4.69) is 11.0 Å². The Morgan fingerprint density at radius 3 is 3.10 bits per heavy atom. The lowest BCUT2D eigenvalue weighted by Crippen LogP contribution is -2.17. The summed E-state index contributed by atoms with van der Waals surface area (Å²) < 4.78 is 0. The lowest BCUT2D eigenvalue weighted by molar-refractivity contribution is 0.295. The van der Waals surface area contributed by atoms with E-state index in [-0.39, 0.29) is 6.61 Å². The quantitative estimate of drug-likeness (QED) is 0.610. The molecule has 1 N–H and O–H groups in total. The highest BCUT2D eigenvalue weighted by molar-refractivity contribution is 5.18. The topological polar surface area (TPSA) is 23.5 Å². The fraction of sp³-hybridized carbons (Fsp3) is 0.500. The van der Waals surface area contributed by atoms with Crippen molar-refractivity contribution in [3.63, 3.8) is 0 Å². The second-order valence-electron chi connectivity index (χ2n) is 2.56. The Labute approximate surface area is 61.5 Å². The van der Waals surface area contributed by atoms with Crippen LogP contribution in [-0.2, 0) is 0 Å². The molecule has 10 heavy (non-hydrogen) atoms. The van der Waals surface area contributed by atoms with Crippen molar-refractivity contribution in [3.8, 4) is 0 Å². The Kier molecular flexibility index (Phi) is 2.51. The predicted octanol–water partition coefficient (Wildman–Crippen LogP) is 0.754. The van der Waals surface area contributed by atoms with Gasteiger partial charge in [-0.05, 0) is 24.3 Å². The third-order valence-electron chi connectivity index (χ3n) is 1.56. The standard InChI is InChI=1S/C8H13NO/c1-9-5-2-3-8(7-9)4-6-10/h2-3,5,10H,4,6-7H2,1H3. The Bertz CT molecular complexity index is 161. The van der Waals surface area contributed by atoms with E-state index in [1.165, 1.54) is 5.57 Å². The molecular weight excluding hydrogens is 126 g/mol. The minimum atomic E-state index is 0.257. The average Bonchev–Trinajstić information content (AvgIpc) is 1.88. The largest absolute Gasteiger partial charge is 0.396 e. The van der Waals surface area contributed by atoms with Gasteiger partial charge in [-0.3, -0.25) is 0 Å². The molecule has 2 heteroatoms. The van der Waals surface area contributed by atoms with Gasteiger partial charge < -0.3 is 10.0 Å². The number of likely N-dealkylation sites (N-methyl/N-ethyl adjacent to an activating group) is 1. The van der Waals surface area contributed by atoms with Gasteiger partial charge >= 0.3 is 0 Å². The molecule has 0 aromatic carbocycles. The Morgan fingerprint density at radius 2 is 2.50 bits per heavy atom. The van der Waals surface area contributed by atoms with E-state index < -0.39 is 0 Å². The molecule has 0 bridgehead atoms. The van der Waals surface area contributed by atoms with Gasteiger partial charge in [0.2, 0.25) is 0 Å². The molecule has 1 heterocycles. The zero-order valence-electron chi connectivity index (χ0n) is 6.25. The summed E-state index contributed by atoms with van der Waals surface area (Å²) in [6, 6.07) is 0. The molecular formula is C8H13NO. The van der Waals surface area contributed by atoms with Crippen LogP contribution in [0, 0.1) is 0 Å². The van der Waals surface area contributed by atoms with Crippen LogP contribution in [0.3, 0.4) is 0 Å². The Balaban J connectivity index is 2.45. The van der Waals surface area contributed by atoms with Gasteiger partial charge in [-0.25, -0.2) is 0 Å². The van der Waals surface area contributed by atoms with Crippen LogP contribution in [0.15, 0.2) is 23.9 Å². The molecule has 0 saturated carbocycles. The van der Waals surface area contributed by atoms with Crippen LogP contribution in [-0.4, -0.2) is 30.2 Å². The fourth-order valence-electron chi connectivity index (χ4n) is 1.06. The molecule has 0 aliphatic carbocycles. The summed E-state index contributed by atoms with van der Waals surface area (Å²) in [5.74, 6) is 0. The molecule has 1 aliphatic rings. The predicted molar refractivity (Wildman–Crippen MR) is 41.6 cm³/mol. The summed E-state index contributed by atoms with van der Waals surface area (Å²) in [6.45, 7) is 1.21. The van der Waals surface area contributed by atoms with Crippen molar-refractivity contribution in [1.29, 1.82) is 0 Å². The first-order valence-corrected chi connectivity index (χ1v) is 3.50. The minimum absolute atomic E-state index is 0.257. The van der Waals surface area contributed by atoms with Crippen molar-refractivity contribution in [1.82, 2.24) is 4.90 Å². The van der Waals surface area contributed by atoms with Crippen LogP contribution in [0.2, 0.25) is 0 Å². The second-order valence-corrected chi connectivity index (χ2v) is 2.56. The van der Waals surface area contributed by atoms with Crippen LogP contribution in [0.1, 0.15) is 6.42 Å². The summed E-state index contributed by atoms with van der Waals surface area (Å²) in [5.41, 5.74) is 1.30. The molecule has 1 rings (SSSR count). The molecule has 0 aromatic heterocycles. The summed E-state index contributed by atoms with van der Waals surface area (Å²) in [4.78, 5) is 2.10. The first kappa shape index (κ1) is 7.35. The van der Waals surface area contributed by atoms with E-state index in [0.717, 1.165) is 13.0 Å². The van der Waals surface area contributed by atoms with Gasteiger partial charge in [-0.15, -0.1) is 0 Å². The van der Waals surface area contributed by atoms with Crippen LogP contribution >= 0.6 is 0 Å². The van der Waals surface area contributed by atoms with Gasteiger partial charge in [-0.1, -0.05) is 6.08 Å². The van der Waals surface area contributed by atoms with Crippen molar-refractivity contribution < 1.29 is 5.11 Å². The monoisotopic (exact) mass is 139 g/mol. The Morgan fingerprint density at radius 1 is 1.70 bits per heavy atom. The number of rotatable bonds is 2. The second kappa shape index (κ2) is 3.42. The van der Waals surface area contributed by atoms with Crippen LogP contribution in [0.5, 0.6) is 0 Å². The van der Waals surface area contributed by atoms with Gasteiger partial charge in [0.05, 0.1) is 0 Å². The smallest absolute Gasteiger partial charge is 0.0468 e. The summed E-state index contributed by atoms with van der Waals surface area (Å²) in [7, 11) is 2.03. The van der Waals surface area contributed by atoms with E-state index in [0.29, 0.717) is 0 Å². The van der Waals surface area contributed by atoms with Gasteiger partial charge in [-0.2, -0.15) is 0 Å². The molecule has 0 saturated heterocycles. The number of nitrogens with zero attached hydrogens (tertiary/aromatic N) is 1. The SMILES string of the molecule is CN1C=CC=C(CCO)C1. The molecule has 56 valence electrons. The summed E-state index contributed by atoms with van der Waals surface area (Å²) >= 11 is 0. The van der Waals surface area contributed by atoms with Crippen molar-refractivity contribution in [2.24, 2.45) is 0 Å². The zero-order valence-corrected chi connectivity index (χ0v) is 6.25. The van der Waals surface area contributed by atoms with Crippen molar-refractivity contribution in [2.75, 3.05) is 20.2 Å².